The first-order chi connectivity index (χ1) is 7.86. The summed E-state index contributed by atoms with van der Waals surface area (Å²) in [6, 6.07) is 0. The molecular formula is C9Cl2F5N. The summed E-state index contributed by atoms with van der Waals surface area (Å²) in [7, 11) is 0. The molecule has 0 atom stereocenters. The van der Waals surface area contributed by atoms with Crippen molar-refractivity contribution in [2.75, 3.05) is 0 Å². The van der Waals surface area contributed by atoms with Gasteiger partial charge in [0.1, 0.15) is 5.52 Å². The molecule has 0 amide bonds. The van der Waals surface area contributed by atoms with Crippen LogP contribution in [0.3, 0.4) is 0 Å². The van der Waals surface area contributed by atoms with Crippen LogP contribution < -0.4 is 0 Å². The van der Waals surface area contributed by atoms with Crippen LogP contribution >= 0.6 is 23.2 Å². The molecule has 0 unspecified atom stereocenters. The van der Waals surface area contributed by atoms with Crippen molar-refractivity contribution in [3.8, 4) is 0 Å². The van der Waals surface area contributed by atoms with Gasteiger partial charge in [-0.05, 0) is 0 Å². The second kappa shape index (κ2) is 3.96. The number of pyridine rings is 1. The zero-order chi connectivity index (χ0) is 12.9. The number of benzene rings is 1. The van der Waals surface area contributed by atoms with Gasteiger partial charge in [-0.1, -0.05) is 23.2 Å². The van der Waals surface area contributed by atoms with Crippen molar-refractivity contribution in [3.63, 3.8) is 0 Å². The van der Waals surface area contributed by atoms with Gasteiger partial charge in [-0.15, -0.1) is 0 Å². The van der Waals surface area contributed by atoms with Gasteiger partial charge >= 0.3 is 0 Å². The van der Waals surface area contributed by atoms with Gasteiger partial charge in [-0.3, -0.25) is 0 Å². The van der Waals surface area contributed by atoms with Gasteiger partial charge in [0.25, 0.3) is 0 Å². The standard InChI is InChI=1S/C9Cl2F5N/c10-2-1-3(12)5(14)6(15)7(16)8(1)17-9(11)4(2)13. The van der Waals surface area contributed by atoms with Crippen LogP contribution in [-0.2, 0) is 0 Å². The van der Waals surface area contributed by atoms with E-state index in [9.17, 15) is 22.0 Å². The van der Waals surface area contributed by atoms with Crippen molar-refractivity contribution in [3.05, 3.63) is 39.3 Å². The van der Waals surface area contributed by atoms with Crippen molar-refractivity contribution >= 4 is 34.1 Å². The van der Waals surface area contributed by atoms with Gasteiger partial charge in [-0.2, -0.15) is 0 Å². The molecule has 0 saturated heterocycles. The molecule has 0 N–H and O–H groups in total. The largest absolute Gasteiger partial charge is 0.230 e. The highest BCUT2D eigenvalue weighted by Gasteiger charge is 2.26. The molecule has 0 radical (unpaired) electrons. The van der Waals surface area contributed by atoms with Crippen LogP contribution in [0.2, 0.25) is 10.2 Å². The minimum atomic E-state index is -2.10. The second-order valence-electron chi connectivity index (χ2n) is 3.01. The van der Waals surface area contributed by atoms with E-state index in [0.29, 0.717) is 0 Å². The van der Waals surface area contributed by atoms with E-state index < -0.39 is 50.2 Å². The maximum absolute atomic E-state index is 13.3. The summed E-state index contributed by atoms with van der Waals surface area (Å²) in [5.74, 6) is -9.12. The highest BCUT2D eigenvalue weighted by Crippen LogP contribution is 2.34. The Morgan fingerprint density at radius 1 is 0.706 bits per heavy atom. The lowest BCUT2D eigenvalue weighted by molar-refractivity contribution is 0.417. The molecule has 17 heavy (non-hydrogen) atoms. The fourth-order valence-corrected chi connectivity index (χ4v) is 1.76. The molecule has 1 heterocycles. The van der Waals surface area contributed by atoms with Gasteiger partial charge < -0.3 is 0 Å². The Bertz CT molecular complexity index is 635. The average molecular weight is 288 g/mol. The molecule has 0 fully saturated rings. The van der Waals surface area contributed by atoms with Crippen LogP contribution in [-0.4, -0.2) is 4.98 Å². The summed E-state index contributed by atoms with van der Waals surface area (Å²) in [6.45, 7) is 0. The maximum Gasteiger partial charge on any atom is 0.199 e. The van der Waals surface area contributed by atoms with Crippen molar-refractivity contribution in [1.29, 1.82) is 0 Å². The third kappa shape index (κ3) is 1.63. The van der Waals surface area contributed by atoms with Crippen LogP contribution in [0.15, 0.2) is 0 Å². The minimum absolute atomic E-state index is 0.869. The first-order valence-electron chi connectivity index (χ1n) is 4.02. The molecule has 8 heteroatoms. The predicted molar refractivity (Wildman–Crippen MR) is 51.6 cm³/mol. The van der Waals surface area contributed by atoms with E-state index in [1.54, 1.807) is 0 Å². The minimum Gasteiger partial charge on any atom is -0.230 e. The molecule has 0 saturated carbocycles. The fraction of sp³-hybridized carbons (Fsp3) is 0. The molecule has 1 aromatic heterocycles. The lowest BCUT2D eigenvalue weighted by Gasteiger charge is -2.07. The lowest BCUT2D eigenvalue weighted by Crippen LogP contribution is -2.02. The Balaban J connectivity index is 3.12. The summed E-state index contributed by atoms with van der Waals surface area (Å²) in [5, 5.41) is -2.83. The van der Waals surface area contributed by atoms with E-state index >= 15 is 0 Å². The zero-order valence-corrected chi connectivity index (χ0v) is 9.10. The molecule has 0 aliphatic carbocycles. The number of halogens is 7. The van der Waals surface area contributed by atoms with E-state index in [2.05, 4.69) is 4.98 Å². The van der Waals surface area contributed by atoms with Crippen molar-refractivity contribution in [2.45, 2.75) is 0 Å². The van der Waals surface area contributed by atoms with Gasteiger partial charge in [0.2, 0.25) is 0 Å². The summed E-state index contributed by atoms with van der Waals surface area (Å²) in [5.41, 5.74) is -0.974. The molecule has 90 valence electrons. The summed E-state index contributed by atoms with van der Waals surface area (Å²) >= 11 is 10.6. The highest BCUT2D eigenvalue weighted by molar-refractivity contribution is 6.38. The first kappa shape index (κ1) is 12.3. The fourth-order valence-electron chi connectivity index (χ4n) is 1.27. The molecule has 0 bridgehead atoms. The smallest absolute Gasteiger partial charge is 0.199 e. The normalized spacial score (nSPS) is 11.2. The summed E-state index contributed by atoms with van der Waals surface area (Å²) < 4.78 is 65.5. The zero-order valence-electron chi connectivity index (χ0n) is 7.59. The highest BCUT2D eigenvalue weighted by atomic mass is 35.5. The second-order valence-corrected chi connectivity index (χ2v) is 3.75. The molecule has 1 nitrogen and oxygen atoms in total. The Labute approximate surface area is 101 Å². The van der Waals surface area contributed by atoms with Gasteiger partial charge in [0, 0.05) is 0 Å². The monoisotopic (exact) mass is 287 g/mol. The van der Waals surface area contributed by atoms with Crippen molar-refractivity contribution in [2.24, 2.45) is 0 Å². The number of rotatable bonds is 0. The lowest BCUT2D eigenvalue weighted by atomic mass is 10.2. The molecule has 0 aliphatic heterocycles. The first-order valence-corrected chi connectivity index (χ1v) is 4.78. The third-order valence-corrected chi connectivity index (χ3v) is 2.65. The Hall–Kier alpha value is -1.14. The number of hydrogen-bond donors (Lipinski definition) is 0. The van der Waals surface area contributed by atoms with Crippen LogP contribution in [0.4, 0.5) is 22.0 Å². The quantitative estimate of drug-likeness (QED) is 0.306. The van der Waals surface area contributed by atoms with E-state index in [0.717, 1.165) is 0 Å². The van der Waals surface area contributed by atoms with Gasteiger partial charge in [0.15, 0.2) is 34.2 Å². The Morgan fingerprint density at radius 2 is 1.24 bits per heavy atom. The summed E-state index contributed by atoms with van der Waals surface area (Å²) in [4.78, 5) is 3.08. The van der Waals surface area contributed by atoms with Crippen LogP contribution in [0.5, 0.6) is 0 Å². The van der Waals surface area contributed by atoms with Gasteiger partial charge in [0.05, 0.1) is 10.4 Å². The number of hydrogen-bond acceptors (Lipinski definition) is 1. The van der Waals surface area contributed by atoms with E-state index in [-0.39, 0.29) is 0 Å². The predicted octanol–water partition coefficient (Wildman–Crippen LogP) is 4.24. The molecular weight excluding hydrogens is 288 g/mol. The SMILES string of the molecule is Fc1c(F)c(F)c2c(Cl)c(F)c(Cl)nc2c1F. The average Bonchev–Trinajstić information content (AvgIpc) is 2.30. The van der Waals surface area contributed by atoms with E-state index in [1.165, 1.54) is 0 Å². The van der Waals surface area contributed by atoms with E-state index in [4.69, 9.17) is 23.2 Å². The number of aromatic nitrogens is 1. The Kier molecular flexibility index (Phi) is 2.87. The molecule has 1 aromatic carbocycles. The summed E-state index contributed by atoms with van der Waals surface area (Å²) in [6.07, 6.45) is 0. The molecule has 2 aromatic rings. The van der Waals surface area contributed by atoms with Crippen LogP contribution in [0.25, 0.3) is 10.9 Å². The maximum atomic E-state index is 13.3. The molecule has 2 rings (SSSR count). The van der Waals surface area contributed by atoms with E-state index in [1.807, 2.05) is 0 Å². The van der Waals surface area contributed by atoms with Crippen LogP contribution in [0, 0.1) is 29.1 Å². The molecule has 0 aliphatic rings. The topological polar surface area (TPSA) is 12.9 Å². The van der Waals surface area contributed by atoms with Crippen molar-refractivity contribution in [1.82, 2.24) is 4.98 Å². The number of fused-ring (bicyclic) bond motifs is 1. The number of nitrogens with zero attached hydrogens (tertiary/aromatic N) is 1. The van der Waals surface area contributed by atoms with Gasteiger partial charge in [-0.25, -0.2) is 26.9 Å². The van der Waals surface area contributed by atoms with Crippen LogP contribution in [0.1, 0.15) is 0 Å². The Morgan fingerprint density at radius 3 is 1.82 bits per heavy atom. The third-order valence-electron chi connectivity index (χ3n) is 2.05. The van der Waals surface area contributed by atoms with Crippen molar-refractivity contribution < 1.29 is 22.0 Å². The molecule has 0 spiro atoms.